The normalized spacial score (nSPS) is 10.6. The second kappa shape index (κ2) is 9.20. The minimum Gasteiger partial charge on any atom is -0.382 e. The molecule has 0 spiro atoms. The minimum atomic E-state index is -0.495. The zero-order chi connectivity index (χ0) is 20.8. The molecular weight excluding hydrogens is 392 g/mol. The standard InChI is InChI=1S/C20H21ClN6O2/c1-2-13-7-4-6-10-16(13)24-17(28)12-27-19(22)18(25-26-27)20(29)23-11-14-8-3-5-9-15(14)21/h3-10H,2,11-12,22H2,1H3,(H,23,29)(H,24,28). The van der Waals surface area contributed by atoms with Gasteiger partial charge in [-0.2, -0.15) is 0 Å². The summed E-state index contributed by atoms with van der Waals surface area (Å²) in [5.41, 5.74) is 8.45. The molecule has 8 nitrogen and oxygen atoms in total. The number of nitrogens with zero attached hydrogens (tertiary/aromatic N) is 3. The highest BCUT2D eigenvalue weighted by atomic mass is 35.5. The third-order valence-corrected chi connectivity index (χ3v) is 4.72. The molecule has 150 valence electrons. The van der Waals surface area contributed by atoms with Gasteiger partial charge in [0.1, 0.15) is 6.54 Å². The Morgan fingerprint density at radius 1 is 1.10 bits per heavy atom. The molecule has 0 radical (unpaired) electrons. The first-order valence-corrected chi connectivity index (χ1v) is 9.45. The highest BCUT2D eigenvalue weighted by Crippen LogP contribution is 2.17. The fourth-order valence-corrected chi connectivity index (χ4v) is 2.98. The predicted octanol–water partition coefficient (Wildman–Crippen LogP) is 2.64. The number of para-hydroxylation sites is 1. The summed E-state index contributed by atoms with van der Waals surface area (Å²) in [7, 11) is 0. The number of anilines is 2. The number of amides is 2. The molecule has 0 aliphatic carbocycles. The van der Waals surface area contributed by atoms with Crippen LogP contribution in [-0.4, -0.2) is 26.8 Å². The van der Waals surface area contributed by atoms with Crippen LogP contribution in [0, 0.1) is 0 Å². The van der Waals surface area contributed by atoms with E-state index in [-0.39, 0.29) is 30.5 Å². The average Bonchev–Trinajstić information content (AvgIpc) is 3.07. The maximum atomic E-state index is 12.4. The lowest BCUT2D eigenvalue weighted by atomic mass is 10.1. The van der Waals surface area contributed by atoms with Gasteiger partial charge in [0.25, 0.3) is 5.91 Å². The van der Waals surface area contributed by atoms with Gasteiger partial charge in [0.2, 0.25) is 5.91 Å². The van der Waals surface area contributed by atoms with E-state index in [0.29, 0.717) is 5.02 Å². The summed E-state index contributed by atoms with van der Waals surface area (Å²) in [4.78, 5) is 24.7. The van der Waals surface area contributed by atoms with Gasteiger partial charge < -0.3 is 16.4 Å². The van der Waals surface area contributed by atoms with Crippen LogP contribution in [0.3, 0.4) is 0 Å². The van der Waals surface area contributed by atoms with Gasteiger partial charge in [-0.15, -0.1) is 5.10 Å². The number of carbonyl (C=O) groups is 2. The van der Waals surface area contributed by atoms with Crippen LogP contribution in [0.1, 0.15) is 28.5 Å². The van der Waals surface area contributed by atoms with Crippen LogP contribution >= 0.6 is 11.6 Å². The molecule has 1 aromatic heterocycles. The summed E-state index contributed by atoms with van der Waals surface area (Å²) in [6.45, 7) is 2.07. The number of benzene rings is 2. The maximum Gasteiger partial charge on any atom is 0.275 e. The molecule has 2 aromatic carbocycles. The van der Waals surface area contributed by atoms with Crippen molar-refractivity contribution < 1.29 is 9.59 Å². The van der Waals surface area contributed by atoms with E-state index in [1.165, 1.54) is 4.68 Å². The number of aryl methyl sites for hydroxylation is 1. The Hall–Kier alpha value is -3.39. The van der Waals surface area contributed by atoms with Gasteiger partial charge >= 0.3 is 0 Å². The van der Waals surface area contributed by atoms with Crippen molar-refractivity contribution >= 4 is 34.9 Å². The summed E-state index contributed by atoms with van der Waals surface area (Å²) < 4.78 is 1.19. The van der Waals surface area contributed by atoms with Crippen LogP contribution in [0.4, 0.5) is 11.5 Å². The summed E-state index contributed by atoms with van der Waals surface area (Å²) in [6, 6.07) is 14.7. The summed E-state index contributed by atoms with van der Waals surface area (Å²) in [5.74, 6) is -0.795. The molecule has 0 aliphatic heterocycles. The number of rotatable bonds is 7. The van der Waals surface area contributed by atoms with Crippen LogP contribution in [0.2, 0.25) is 5.02 Å². The molecule has 1 heterocycles. The second-order valence-electron chi connectivity index (χ2n) is 6.31. The third kappa shape index (κ3) is 4.91. The topological polar surface area (TPSA) is 115 Å². The molecule has 2 amide bonds. The maximum absolute atomic E-state index is 12.4. The zero-order valence-corrected chi connectivity index (χ0v) is 16.6. The Kier molecular flexibility index (Phi) is 6.46. The lowest BCUT2D eigenvalue weighted by Crippen LogP contribution is -2.25. The number of nitrogens with two attached hydrogens (primary N) is 1. The quantitative estimate of drug-likeness (QED) is 0.551. The van der Waals surface area contributed by atoms with E-state index in [9.17, 15) is 9.59 Å². The Morgan fingerprint density at radius 3 is 2.52 bits per heavy atom. The molecule has 0 saturated carbocycles. The fourth-order valence-electron chi connectivity index (χ4n) is 2.78. The SMILES string of the molecule is CCc1ccccc1NC(=O)Cn1nnc(C(=O)NCc2ccccc2Cl)c1N. The lowest BCUT2D eigenvalue weighted by molar-refractivity contribution is -0.116. The number of hydrogen-bond acceptors (Lipinski definition) is 5. The fraction of sp³-hybridized carbons (Fsp3) is 0.200. The van der Waals surface area contributed by atoms with Gasteiger partial charge in [0, 0.05) is 17.3 Å². The molecule has 29 heavy (non-hydrogen) atoms. The highest BCUT2D eigenvalue weighted by molar-refractivity contribution is 6.31. The first-order chi connectivity index (χ1) is 14.0. The highest BCUT2D eigenvalue weighted by Gasteiger charge is 2.19. The number of hydrogen-bond donors (Lipinski definition) is 3. The van der Waals surface area contributed by atoms with Crippen LogP contribution in [0.5, 0.6) is 0 Å². The van der Waals surface area contributed by atoms with Gasteiger partial charge in [0.05, 0.1) is 0 Å². The van der Waals surface area contributed by atoms with Crippen LogP contribution in [0.15, 0.2) is 48.5 Å². The predicted molar refractivity (Wildman–Crippen MR) is 112 cm³/mol. The van der Waals surface area contributed by atoms with Crippen molar-refractivity contribution in [1.29, 1.82) is 0 Å². The van der Waals surface area contributed by atoms with Crippen molar-refractivity contribution in [1.82, 2.24) is 20.3 Å². The molecule has 0 aliphatic rings. The first-order valence-electron chi connectivity index (χ1n) is 9.08. The molecule has 3 rings (SSSR count). The Balaban J connectivity index is 1.63. The van der Waals surface area contributed by atoms with Crippen molar-refractivity contribution in [2.45, 2.75) is 26.4 Å². The Bertz CT molecular complexity index is 1030. The van der Waals surface area contributed by atoms with E-state index in [4.69, 9.17) is 17.3 Å². The van der Waals surface area contributed by atoms with E-state index in [1.807, 2.05) is 37.3 Å². The van der Waals surface area contributed by atoms with E-state index in [2.05, 4.69) is 20.9 Å². The van der Waals surface area contributed by atoms with Gasteiger partial charge in [-0.1, -0.05) is 60.1 Å². The van der Waals surface area contributed by atoms with Crippen molar-refractivity contribution in [2.24, 2.45) is 0 Å². The first kappa shape index (κ1) is 20.3. The van der Waals surface area contributed by atoms with E-state index in [1.54, 1.807) is 18.2 Å². The van der Waals surface area contributed by atoms with Crippen molar-refractivity contribution in [3.05, 3.63) is 70.4 Å². The third-order valence-electron chi connectivity index (χ3n) is 4.35. The lowest BCUT2D eigenvalue weighted by Gasteiger charge is -2.10. The number of halogens is 1. The second-order valence-corrected chi connectivity index (χ2v) is 6.72. The van der Waals surface area contributed by atoms with E-state index >= 15 is 0 Å². The van der Waals surface area contributed by atoms with Crippen LogP contribution < -0.4 is 16.4 Å². The molecule has 0 fully saturated rings. The van der Waals surface area contributed by atoms with Gasteiger partial charge in [-0.3, -0.25) is 9.59 Å². The van der Waals surface area contributed by atoms with E-state index in [0.717, 1.165) is 23.2 Å². The largest absolute Gasteiger partial charge is 0.382 e. The van der Waals surface area contributed by atoms with Gasteiger partial charge in [-0.05, 0) is 29.7 Å². The molecule has 0 bridgehead atoms. The van der Waals surface area contributed by atoms with Crippen LogP contribution in [-0.2, 0) is 24.3 Å². The van der Waals surface area contributed by atoms with Crippen molar-refractivity contribution in [3.63, 3.8) is 0 Å². The van der Waals surface area contributed by atoms with Gasteiger partial charge in [0.15, 0.2) is 11.5 Å². The summed E-state index contributed by atoms with van der Waals surface area (Å²) >= 11 is 6.08. The average molecular weight is 413 g/mol. The molecule has 3 aromatic rings. The molecule has 4 N–H and O–H groups in total. The monoisotopic (exact) mass is 412 g/mol. The van der Waals surface area contributed by atoms with Crippen LogP contribution in [0.25, 0.3) is 0 Å². The van der Waals surface area contributed by atoms with E-state index < -0.39 is 5.91 Å². The number of carbonyl (C=O) groups excluding carboxylic acids is 2. The number of nitrogen functional groups attached to an aromatic ring is 1. The number of aromatic nitrogens is 3. The summed E-state index contributed by atoms with van der Waals surface area (Å²) in [6.07, 6.45) is 0.789. The van der Waals surface area contributed by atoms with Gasteiger partial charge in [-0.25, -0.2) is 4.68 Å². The molecule has 0 unspecified atom stereocenters. The molecular formula is C20H21ClN6O2. The molecule has 0 atom stereocenters. The minimum absolute atomic E-state index is 0.0144. The Labute approximate surface area is 173 Å². The number of nitrogens with one attached hydrogen (secondary N) is 2. The van der Waals surface area contributed by atoms with Crippen molar-refractivity contribution in [2.75, 3.05) is 11.1 Å². The summed E-state index contributed by atoms with van der Waals surface area (Å²) in [5, 5.41) is 13.7. The zero-order valence-electron chi connectivity index (χ0n) is 15.9. The Morgan fingerprint density at radius 2 is 1.79 bits per heavy atom. The molecule has 0 saturated heterocycles. The molecule has 9 heteroatoms. The van der Waals surface area contributed by atoms with Crippen molar-refractivity contribution in [3.8, 4) is 0 Å². The smallest absolute Gasteiger partial charge is 0.275 e.